The molecule has 0 fully saturated rings. The molecule has 0 amide bonds. The second-order valence-electron chi connectivity index (χ2n) is 13.0. The van der Waals surface area contributed by atoms with Crippen molar-refractivity contribution in [2.75, 3.05) is 26.4 Å². The van der Waals surface area contributed by atoms with Gasteiger partial charge in [-0.3, -0.25) is 0 Å². The van der Waals surface area contributed by atoms with Crippen LogP contribution in [0.15, 0.2) is 36.4 Å². The normalized spacial score (nSPS) is 11.4. The molecule has 0 unspecified atom stereocenters. The minimum absolute atomic E-state index is 0.348. The largest absolute Gasteiger partial charge is 0.490 e. The van der Waals surface area contributed by atoms with E-state index in [-0.39, 0.29) is 0 Å². The van der Waals surface area contributed by atoms with Crippen molar-refractivity contribution >= 4 is 10.8 Å². The molecule has 0 radical (unpaired) electrons. The Morgan fingerprint density at radius 1 is 0.364 bits per heavy atom. The summed E-state index contributed by atoms with van der Waals surface area (Å²) in [4.78, 5) is 0. The molecule has 4 nitrogen and oxygen atoms in total. The Morgan fingerprint density at radius 3 is 1.16 bits per heavy atom. The van der Waals surface area contributed by atoms with Crippen LogP contribution >= 0.6 is 0 Å². The molecule has 0 heterocycles. The average molecular weight is 613 g/mol. The van der Waals surface area contributed by atoms with Crippen LogP contribution in [-0.4, -0.2) is 36.6 Å². The highest BCUT2D eigenvalue weighted by Crippen LogP contribution is 2.36. The molecule has 2 aromatic carbocycles. The molecule has 2 rings (SSSR count). The number of rotatable bonds is 32. The fourth-order valence-electron chi connectivity index (χ4n) is 6.16. The van der Waals surface area contributed by atoms with Crippen molar-refractivity contribution < 1.29 is 19.7 Å². The van der Waals surface area contributed by atoms with Crippen molar-refractivity contribution in [1.29, 1.82) is 0 Å². The smallest absolute Gasteiger partial charge is 0.168 e. The Hall–Kier alpha value is -1.78. The monoisotopic (exact) mass is 613 g/mol. The van der Waals surface area contributed by atoms with Crippen molar-refractivity contribution in [3.63, 3.8) is 0 Å². The zero-order valence-electron chi connectivity index (χ0n) is 28.4. The predicted molar refractivity (Wildman–Crippen MR) is 189 cm³/mol. The maximum absolute atomic E-state index is 8.84. The Morgan fingerprint density at radius 2 is 0.727 bits per heavy atom. The minimum Gasteiger partial charge on any atom is -0.490 e. The van der Waals surface area contributed by atoms with Crippen LogP contribution in [0.2, 0.25) is 0 Å². The minimum atomic E-state index is 0.348. The molecule has 0 bridgehead atoms. The highest BCUT2D eigenvalue weighted by Gasteiger charge is 2.10. The predicted octanol–water partition coefficient (Wildman–Crippen LogP) is 11.7. The Bertz CT molecular complexity index is 898. The topological polar surface area (TPSA) is 58.9 Å². The SMILES string of the molecule is OCCCCCCCCCCCCCCCOc1ccc2ccccc2c1OCCCCCCCCCCCCCCCO. The molecule has 2 N–H and O–H groups in total. The first-order valence-corrected chi connectivity index (χ1v) is 18.9. The summed E-state index contributed by atoms with van der Waals surface area (Å²) >= 11 is 0. The van der Waals surface area contributed by atoms with E-state index in [1.807, 2.05) is 0 Å². The number of fused-ring (bicyclic) bond motifs is 1. The van der Waals surface area contributed by atoms with Gasteiger partial charge in [0.25, 0.3) is 0 Å². The summed E-state index contributed by atoms with van der Waals surface area (Å²) < 4.78 is 12.7. The highest BCUT2D eigenvalue weighted by atomic mass is 16.5. The Labute approximate surface area is 271 Å². The second kappa shape index (κ2) is 28.7. The molecule has 2 aromatic rings. The van der Waals surface area contributed by atoms with Gasteiger partial charge in [0.1, 0.15) is 0 Å². The molecule has 0 saturated carbocycles. The van der Waals surface area contributed by atoms with Crippen LogP contribution in [0.1, 0.15) is 167 Å². The maximum atomic E-state index is 8.84. The fourth-order valence-corrected chi connectivity index (χ4v) is 6.16. The van der Waals surface area contributed by atoms with Gasteiger partial charge in [-0.2, -0.15) is 0 Å². The molecule has 0 saturated heterocycles. The van der Waals surface area contributed by atoms with Crippen molar-refractivity contribution in [2.24, 2.45) is 0 Å². The van der Waals surface area contributed by atoms with Gasteiger partial charge in [0.15, 0.2) is 11.5 Å². The van der Waals surface area contributed by atoms with E-state index < -0.39 is 0 Å². The molecular weight excluding hydrogens is 544 g/mol. The van der Waals surface area contributed by atoms with Gasteiger partial charge in [-0.15, -0.1) is 0 Å². The Balaban J connectivity index is 1.52. The number of hydrogen-bond donors (Lipinski definition) is 2. The number of ether oxygens (including phenoxy) is 2. The Kier molecular flexibility index (Phi) is 25.0. The van der Waals surface area contributed by atoms with Crippen molar-refractivity contribution in [3.8, 4) is 11.5 Å². The van der Waals surface area contributed by atoms with Gasteiger partial charge in [-0.05, 0) is 37.1 Å². The zero-order chi connectivity index (χ0) is 31.2. The lowest BCUT2D eigenvalue weighted by Crippen LogP contribution is -2.03. The van der Waals surface area contributed by atoms with Crippen LogP contribution in [0, 0.1) is 0 Å². The van der Waals surface area contributed by atoms with Gasteiger partial charge in [-0.25, -0.2) is 0 Å². The van der Waals surface area contributed by atoms with Crippen LogP contribution in [0.5, 0.6) is 11.5 Å². The highest BCUT2D eigenvalue weighted by molar-refractivity contribution is 5.90. The van der Waals surface area contributed by atoms with Crippen LogP contribution in [0.25, 0.3) is 10.8 Å². The number of aliphatic hydroxyl groups excluding tert-OH is 2. The third-order valence-electron chi connectivity index (χ3n) is 8.95. The van der Waals surface area contributed by atoms with E-state index in [2.05, 4.69) is 36.4 Å². The van der Waals surface area contributed by atoms with E-state index in [0.717, 1.165) is 55.8 Å². The summed E-state index contributed by atoms with van der Waals surface area (Å²) in [6.45, 7) is 2.21. The summed E-state index contributed by atoms with van der Waals surface area (Å²) in [6, 6.07) is 12.7. The second-order valence-corrected chi connectivity index (χ2v) is 13.0. The molecule has 0 aliphatic rings. The van der Waals surface area contributed by atoms with Crippen LogP contribution in [0.4, 0.5) is 0 Å². The van der Waals surface area contributed by atoms with Gasteiger partial charge in [-0.1, -0.05) is 172 Å². The first-order chi connectivity index (χ1) is 21.9. The fraction of sp³-hybridized carbons (Fsp3) is 0.750. The molecule has 0 aromatic heterocycles. The molecule has 0 aliphatic carbocycles. The van der Waals surface area contributed by atoms with Crippen molar-refractivity contribution in [3.05, 3.63) is 36.4 Å². The average Bonchev–Trinajstić information content (AvgIpc) is 3.05. The van der Waals surface area contributed by atoms with Crippen LogP contribution in [-0.2, 0) is 0 Å². The van der Waals surface area contributed by atoms with E-state index in [0.29, 0.717) is 13.2 Å². The first-order valence-electron chi connectivity index (χ1n) is 18.9. The van der Waals surface area contributed by atoms with Crippen LogP contribution < -0.4 is 9.47 Å². The summed E-state index contributed by atoms with van der Waals surface area (Å²) in [5.74, 6) is 1.82. The molecular formula is C40H68O4. The van der Waals surface area contributed by atoms with Gasteiger partial charge >= 0.3 is 0 Å². The van der Waals surface area contributed by atoms with E-state index in [1.165, 1.54) is 147 Å². The lowest BCUT2D eigenvalue weighted by molar-refractivity contribution is 0.261. The zero-order valence-corrected chi connectivity index (χ0v) is 28.4. The molecule has 252 valence electrons. The number of aliphatic hydroxyl groups is 2. The lowest BCUT2D eigenvalue weighted by atomic mass is 10.0. The standard InChI is InChI=1S/C40H68O4/c41-33-25-19-15-11-7-3-1-5-9-13-17-21-27-35-43-39-32-31-37-29-23-24-30-38(37)40(39)44-36-28-22-18-14-10-6-2-4-8-12-16-20-26-34-42/h23-24,29-32,41-42H,1-22,25-28,33-36H2. The third kappa shape index (κ3) is 19.6. The van der Waals surface area contributed by atoms with Gasteiger partial charge in [0.05, 0.1) is 13.2 Å². The van der Waals surface area contributed by atoms with Gasteiger partial charge in [0, 0.05) is 18.6 Å². The summed E-state index contributed by atoms with van der Waals surface area (Å²) in [7, 11) is 0. The number of hydrogen-bond acceptors (Lipinski definition) is 4. The maximum Gasteiger partial charge on any atom is 0.168 e. The molecule has 0 atom stereocenters. The number of unbranched alkanes of at least 4 members (excludes halogenated alkanes) is 24. The number of benzene rings is 2. The quantitative estimate of drug-likeness (QED) is 0.0807. The van der Waals surface area contributed by atoms with Crippen molar-refractivity contribution in [1.82, 2.24) is 0 Å². The lowest BCUT2D eigenvalue weighted by Gasteiger charge is -2.15. The molecule has 0 spiro atoms. The van der Waals surface area contributed by atoms with E-state index in [9.17, 15) is 0 Å². The summed E-state index contributed by atoms with van der Waals surface area (Å²) in [6.07, 6.45) is 33.2. The van der Waals surface area contributed by atoms with Crippen LogP contribution in [0.3, 0.4) is 0 Å². The molecule has 44 heavy (non-hydrogen) atoms. The third-order valence-corrected chi connectivity index (χ3v) is 8.95. The molecule has 0 aliphatic heterocycles. The summed E-state index contributed by atoms with van der Waals surface area (Å²) in [5, 5.41) is 20.0. The van der Waals surface area contributed by atoms with Crippen molar-refractivity contribution in [2.45, 2.75) is 167 Å². The van der Waals surface area contributed by atoms with E-state index in [4.69, 9.17) is 19.7 Å². The van der Waals surface area contributed by atoms with E-state index >= 15 is 0 Å². The first kappa shape index (κ1) is 38.4. The van der Waals surface area contributed by atoms with Gasteiger partial charge in [0.2, 0.25) is 0 Å². The van der Waals surface area contributed by atoms with E-state index in [1.54, 1.807) is 0 Å². The van der Waals surface area contributed by atoms with Gasteiger partial charge < -0.3 is 19.7 Å². The molecule has 4 heteroatoms. The summed E-state index contributed by atoms with van der Waals surface area (Å²) in [5.41, 5.74) is 0.